The molecule has 1 unspecified atom stereocenters. The summed E-state index contributed by atoms with van der Waals surface area (Å²) < 4.78 is 6.88. The lowest BCUT2D eigenvalue weighted by atomic mass is 10.0. The smallest absolute Gasteiger partial charge is 0.0661 e. The Labute approximate surface area is 119 Å². The minimum atomic E-state index is 0.286. The summed E-state index contributed by atoms with van der Waals surface area (Å²) in [7, 11) is 0. The van der Waals surface area contributed by atoms with E-state index in [0.717, 1.165) is 32.6 Å². The molecule has 0 aromatic heterocycles. The second kappa shape index (κ2) is 8.68. The summed E-state index contributed by atoms with van der Waals surface area (Å²) in [6.45, 7) is 9.07. The molecule has 3 heteroatoms. The number of nitrogens with one attached hydrogen (secondary N) is 1. The van der Waals surface area contributed by atoms with Crippen LogP contribution in [0.3, 0.4) is 0 Å². The van der Waals surface area contributed by atoms with E-state index in [2.05, 4.69) is 60.2 Å². The molecule has 0 saturated heterocycles. The van der Waals surface area contributed by atoms with Gasteiger partial charge in [-0.3, -0.25) is 0 Å². The number of rotatable bonds is 8. The first kappa shape index (κ1) is 15.7. The highest BCUT2D eigenvalue weighted by Gasteiger charge is 2.14. The highest BCUT2D eigenvalue weighted by Crippen LogP contribution is 2.25. The van der Waals surface area contributed by atoms with E-state index in [4.69, 9.17) is 4.74 Å². The normalized spacial score (nSPS) is 12.7. The molecule has 102 valence electrons. The fourth-order valence-electron chi connectivity index (χ4n) is 1.92. The van der Waals surface area contributed by atoms with Crippen LogP contribution < -0.4 is 5.32 Å². The van der Waals surface area contributed by atoms with Crippen LogP contribution in [0, 0.1) is 6.92 Å². The van der Waals surface area contributed by atoms with E-state index in [1.54, 1.807) is 0 Å². The molecule has 0 fully saturated rings. The standard InChI is InChI=1S/C15H24BrNO/c1-4-9-17-15(11-18-10-5-2)13-7-6-8-14(16)12(13)3/h6-8,15,17H,4-5,9-11H2,1-3H3. The maximum atomic E-state index is 5.71. The molecule has 0 aliphatic heterocycles. The molecule has 1 rings (SSSR count). The van der Waals surface area contributed by atoms with Crippen molar-refractivity contribution in [3.63, 3.8) is 0 Å². The Kier molecular flexibility index (Phi) is 7.56. The third-order valence-electron chi connectivity index (χ3n) is 2.96. The zero-order valence-corrected chi connectivity index (χ0v) is 13.2. The molecule has 2 nitrogen and oxygen atoms in total. The van der Waals surface area contributed by atoms with Crippen LogP contribution in [0.1, 0.15) is 43.9 Å². The molecular formula is C15H24BrNO. The SMILES string of the molecule is CCCNC(COCCC)c1cccc(Br)c1C. The van der Waals surface area contributed by atoms with E-state index in [-0.39, 0.29) is 6.04 Å². The predicted octanol–water partition coefficient (Wildman–Crippen LogP) is 4.22. The van der Waals surface area contributed by atoms with Crippen LogP contribution in [0.25, 0.3) is 0 Å². The molecular weight excluding hydrogens is 290 g/mol. The maximum absolute atomic E-state index is 5.71. The van der Waals surface area contributed by atoms with Crippen LogP contribution in [-0.2, 0) is 4.74 Å². The van der Waals surface area contributed by atoms with Gasteiger partial charge in [0.25, 0.3) is 0 Å². The first-order valence-corrected chi connectivity index (χ1v) is 7.56. The summed E-state index contributed by atoms with van der Waals surface area (Å²) in [5.74, 6) is 0. The van der Waals surface area contributed by atoms with Gasteiger partial charge in [0.2, 0.25) is 0 Å². The number of hydrogen-bond acceptors (Lipinski definition) is 2. The highest BCUT2D eigenvalue weighted by atomic mass is 79.9. The molecule has 0 saturated carbocycles. The second-order valence-corrected chi connectivity index (χ2v) is 5.39. The third-order valence-corrected chi connectivity index (χ3v) is 3.82. The van der Waals surface area contributed by atoms with Gasteiger partial charge in [-0.05, 0) is 43.5 Å². The molecule has 1 N–H and O–H groups in total. The van der Waals surface area contributed by atoms with Crippen molar-refractivity contribution in [1.82, 2.24) is 5.32 Å². The van der Waals surface area contributed by atoms with Crippen LogP contribution in [0.5, 0.6) is 0 Å². The molecule has 1 aromatic carbocycles. The molecule has 0 radical (unpaired) electrons. The zero-order valence-electron chi connectivity index (χ0n) is 11.6. The Balaban J connectivity index is 2.76. The van der Waals surface area contributed by atoms with Crippen molar-refractivity contribution < 1.29 is 4.74 Å². The largest absolute Gasteiger partial charge is 0.379 e. The van der Waals surface area contributed by atoms with Crippen LogP contribution in [0.15, 0.2) is 22.7 Å². The highest BCUT2D eigenvalue weighted by molar-refractivity contribution is 9.10. The third kappa shape index (κ3) is 4.71. The van der Waals surface area contributed by atoms with Crippen LogP contribution in [0.4, 0.5) is 0 Å². The van der Waals surface area contributed by atoms with Gasteiger partial charge >= 0.3 is 0 Å². The Morgan fingerprint density at radius 1 is 1.28 bits per heavy atom. The summed E-state index contributed by atoms with van der Waals surface area (Å²) in [6.07, 6.45) is 2.20. The lowest BCUT2D eigenvalue weighted by Gasteiger charge is -2.21. The van der Waals surface area contributed by atoms with E-state index in [1.165, 1.54) is 15.6 Å². The second-order valence-electron chi connectivity index (χ2n) is 4.54. The van der Waals surface area contributed by atoms with Gasteiger partial charge in [0, 0.05) is 11.1 Å². The van der Waals surface area contributed by atoms with Crippen LogP contribution in [-0.4, -0.2) is 19.8 Å². The van der Waals surface area contributed by atoms with E-state index < -0.39 is 0 Å². The maximum Gasteiger partial charge on any atom is 0.0661 e. The minimum Gasteiger partial charge on any atom is -0.379 e. The summed E-state index contributed by atoms with van der Waals surface area (Å²) in [6, 6.07) is 6.65. The fraction of sp³-hybridized carbons (Fsp3) is 0.600. The van der Waals surface area contributed by atoms with Crippen LogP contribution >= 0.6 is 15.9 Å². The molecule has 0 spiro atoms. The van der Waals surface area contributed by atoms with Gasteiger partial charge < -0.3 is 10.1 Å². The number of benzene rings is 1. The van der Waals surface area contributed by atoms with E-state index in [1.807, 2.05) is 0 Å². The fourth-order valence-corrected chi connectivity index (χ4v) is 2.31. The van der Waals surface area contributed by atoms with Crippen molar-refractivity contribution in [3.8, 4) is 0 Å². The minimum absolute atomic E-state index is 0.286. The molecule has 1 atom stereocenters. The lowest BCUT2D eigenvalue weighted by molar-refractivity contribution is 0.112. The molecule has 1 aromatic rings. The van der Waals surface area contributed by atoms with Crippen molar-refractivity contribution in [1.29, 1.82) is 0 Å². The summed E-state index contributed by atoms with van der Waals surface area (Å²) in [5.41, 5.74) is 2.63. The van der Waals surface area contributed by atoms with E-state index in [9.17, 15) is 0 Å². The molecule has 0 aliphatic rings. The van der Waals surface area contributed by atoms with Crippen molar-refractivity contribution >= 4 is 15.9 Å². The van der Waals surface area contributed by atoms with Crippen LogP contribution in [0.2, 0.25) is 0 Å². The van der Waals surface area contributed by atoms with E-state index in [0.29, 0.717) is 0 Å². The lowest BCUT2D eigenvalue weighted by Crippen LogP contribution is -2.27. The zero-order chi connectivity index (χ0) is 13.4. The number of ether oxygens (including phenoxy) is 1. The molecule has 0 aliphatic carbocycles. The summed E-state index contributed by atoms with van der Waals surface area (Å²) in [5, 5.41) is 3.57. The van der Waals surface area contributed by atoms with Gasteiger partial charge in [0.05, 0.1) is 12.6 Å². The Bertz CT molecular complexity index is 354. The van der Waals surface area contributed by atoms with E-state index >= 15 is 0 Å². The number of halogens is 1. The van der Waals surface area contributed by atoms with Gasteiger partial charge in [-0.25, -0.2) is 0 Å². The average molecular weight is 314 g/mol. The predicted molar refractivity (Wildman–Crippen MR) is 81.0 cm³/mol. The quantitative estimate of drug-likeness (QED) is 0.725. The average Bonchev–Trinajstić information content (AvgIpc) is 2.37. The van der Waals surface area contributed by atoms with Gasteiger partial charge in [0.1, 0.15) is 0 Å². The van der Waals surface area contributed by atoms with Gasteiger partial charge in [-0.15, -0.1) is 0 Å². The molecule has 0 heterocycles. The van der Waals surface area contributed by atoms with Crippen molar-refractivity contribution in [3.05, 3.63) is 33.8 Å². The topological polar surface area (TPSA) is 21.3 Å². The van der Waals surface area contributed by atoms with Gasteiger partial charge in [-0.2, -0.15) is 0 Å². The monoisotopic (exact) mass is 313 g/mol. The van der Waals surface area contributed by atoms with Crippen molar-refractivity contribution in [2.24, 2.45) is 0 Å². The summed E-state index contributed by atoms with van der Waals surface area (Å²) in [4.78, 5) is 0. The van der Waals surface area contributed by atoms with Gasteiger partial charge in [-0.1, -0.05) is 41.9 Å². The van der Waals surface area contributed by atoms with Gasteiger partial charge in [0.15, 0.2) is 0 Å². The Morgan fingerprint density at radius 2 is 2.06 bits per heavy atom. The molecule has 18 heavy (non-hydrogen) atoms. The van der Waals surface area contributed by atoms with Crippen molar-refractivity contribution in [2.75, 3.05) is 19.8 Å². The Hall–Kier alpha value is -0.380. The van der Waals surface area contributed by atoms with Crippen molar-refractivity contribution in [2.45, 2.75) is 39.7 Å². The summed E-state index contributed by atoms with van der Waals surface area (Å²) >= 11 is 3.60. The molecule has 0 amide bonds. The number of hydrogen-bond donors (Lipinski definition) is 1. The first-order chi connectivity index (χ1) is 8.70. The first-order valence-electron chi connectivity index (χ1n) is 6.76. The Morgan fingerprint density at radius 3 is 2.72 bits per heavy atom. The molecule has 0 bridgehead atoms.